The van der Waals surface area contributed by atoms with E-state index >= 15 is 0 Å². The van der Waals surface area contributed by atoms with Crippen molar-refractivity contribution in [3.05, 3.63) is 12.4 Å². The predicted molar refractivity (Wildman–Crippen MR) is 81.7 cm³/mol. The second-order valence-corrected chi connectivity index (χ2v) is 4.93. The van der Waals surface area contributed by atoms with Gasteiger partial charge in [0.05, 0.1) is 25.2 Å². The third-order valence-corrected chi connectivity index (χ3v) is 3.40. The van der Waals surface area contributed by atoms with Crippen molar-refractivity contribution in [2.75, 3.05) is 36.6 Å². The number of nitrogens with two attached hydrogens (primary N) is 1. The minimum Gasteiger partial charge on any atom is -0.378 e. The molecule has 2 aromatic rings. The van der Waals surface area contributed by atoms with Crippen LogP contribution in [0, 0.1) is 0 Å². The number of nitrogens with zero attached hydrogens (tertiary/aromatic N) is 4. The maximum Gasteiger partial charge on any atom is 0.406 e. The molecule has 1 aliphatic heterocycles. The second kappa shape index (κ2) is 6.77. The fourth-order valence-corrected chi connectivity index (χ4v) is 2.45. The highest BCUT2D eigenvalue weighted by atomic mass is 35.5. The average Bonchev–Trinajstić information content (AvgIpc) is 2.88. The van der Waals surface area contributed by atoms with Crippen LogP contribution in [-0.4, -0.2) is 47.0 Å². The molecule has 3 heterocycles. The number of alkyl halides is 3. The molecular weight excluding hydrogens is 337 g/mol. The third kappa shape index (κ3) is 3.77. The van der Waals surface area contributed by atoms with Crippen LogP contribution in [0.3, 0.4) is 0 Å². The van der Waals surface area contributed by atoms with Crippen LogP contribution in [0.2, 0.25) is 0 Å². The second-order valence-electron chi connectivity index (χ2n) is 4.93. The Morgan fingerprint density at radius 2 is 2.00 bits per heavy atom. The first-order valence-electron chi connectivity index (χ1n) is 6.70. The molecule has 1 saturated heterocycles. The maximum atomic E-state index is 12.6. The van der Waals surface area contributed by atoms with Gasteiger partial charge in [-0.15, -0.1) is 12.4 Å². The standard InChI is InChI=1S/C12H15F3N6O.ClH/c13-12(14,15)6-21-7-17-10-8(20-1-3-22-4-2-20)5-9(19-16)18-11(10)21;/h5,7H,1-4,6,16H2,(H,18,19);1H. The van der Waals surface area contributed by atoms with E-state index in [4.69, 9.17) is 10.6 Å². The van der Waals surface area contributed by atoms with Crippen LogP contribution in [0.4, 0.5) is 24.7 Å². The molecule has 1 aliphatic rings. The summed E-state index contributed by atoms with van der Waals surface area (Å²) in [5, 5.41) is 0. The number of nitrogens with one attached hydrogen (secondary N) is 1. The van der Waals surface area contributed by atoms with E-state index in [-0.39, 0.29) is 23.9 Å². The molecule has 0 radical (unpaired) electrons. The first-order chi connectivity index (χ1) is 10.5. The van der Waals surface area contributed by atoms with Gasteiger partial charge in [-0.1, -0.05) is 0 Å². The zero-order valence-corrected chi connectivity index (χ0v) is 12.8. The van der Waals surface area contributed by atoms with E-state index < -0.39 is 12.7 Å². The van der Waals surface area contributed by atoms with E-state index in [2.05, 4.69) is 15.4 Å². The highest BCUT2D eigenvalue weighted by Crippen LogP contribution is 2.29. The van der Waals surface area contributed by atoms with Crippen molar-refractivity contribution in [2.24, 2.45) is 5.84 Å². The van der Waals surface area contributed by atoms with Crippen molar-refractivity contribution < 1.29 is 17.9 Å². The Kier molecular flexibility index (Phi) is 5.17. The number of hydrazine groups is 1. The highest BCUT2D eigenvalue weighted by Gasteiger charge is 2.29. The van der Waals surface area contributed by atoms with Crippen LogP contribution in [0.5, 0.6) is 0 Å². The van der Waals surface area contributed by atoms with Gasteiger partial charge < -0.3 is 19.6 Å². The molecule has 0 bridgehead atoms. The zero-order valence-electron chi connectivity index (χ0n) is 12.0. The summed E-state index contributed by atoms with van der Waals surface area (Å²) >= 11 is 0. The molecule has 0 amide bonds. The van der Waals surface area contributed by atoms with Crippen LogP contribution in [-0.2, 0) is 11.3 Å². The van der Waals surface area contributed by atoms with Crippen LogP contribution in [0.1, 0.15) is 0 Å². The Labute approximate surface area is 136 Å². The van der Waals surface area contributed by atoms with E-state index in [0.29, 0.717) is 37.5 Å². The number of aromatic nitrogens is 3. The van der Waals surface area contributed by atoms with Gasteiger partial charge in [-0.25, -0.2) is 15.8 Å². The van der Waals surface area contributed by atoms with Crippen molar-refractivity contribution in [3.63, 3.8) is 0 Å². The number of pyridine rings is 1. The summed E-state index contributed by atoms with van der Waals surface area (Å²) in [6.07, 6.45) is -3.20. The quantitative estimate of drug-likeness (QED) is 0.644. The van der Waals surface area contributed by atoms with Crippen LogP contribution in [0.25, 0.3) is 11.2 Å². The number of imidazole rings is 1. The molecule has 7 nitrogen and oxygen atoms in total. The van der Waals surface area contributed by atoms with Gasteiger partial charge in [0.1, 0.15) is 17.9 Å². The van der Waals surface area contributed by atoms with Crippen LogP contribution < -0.4 is 16.2 Å². The largest absolute Gasteiger partial charge is 0.406 e. The highest BCUT2D eigenvalue weighted by molar-refractivity contribution is 5.88. The molecule has 0 unspecified atom stereocenters. The summed E-state index contributed by atoms with van der Waals surface area (Å²) in [4.78, 5) is 10.2. The Morgan fingerprint density at radius 1 is 1.30 bits per heavy atom. The summed E-state index contributed by atoms with van der Waals surface area (Å²) in [6, 6.07) is 1.68. The molecule has 23 heavy (non-hydrogen) atoms. The predicted octanol–water partition coefficient (Wildman–Crippen LogP) is 1.54. The monoisotopic (exact) mass is 352 g/mol. The summed E-state index contributed by atoms with van der Waals surface area (Å²) < 4.78 is 44.2. The molecular formula is C12H16ClF3N6O. The van der Waals surface area contributed by atoms with Gasteiger partial charge in [0.15, 0.2) is 5.65 Å². The maximum absolute atomic E-state index is 12.6. The lowest BCUT2D eigenvalue weighted by molar-refractivity contribution is -0.140. The summed E-state index contributed by atoms with van der Waals surface area (Å²) in [7, 11) is 0. The van der Waals surface area contributed by atoms with Gasteiger partial charge in [-0.05, 0) is 0 Å². The zero-order chi connectivity index (χ0) is 15.7. The molecule has 3 N–H and O–H groups in total. The van der Waals surface area contributed by atoms with E-state index in [1.165, 1.54) is 0 Å². The van der Waals surface area contributed by atoms with Crippen LogP contribution in [0.15, 0.2) is 12.4 Å². The number of morpholine rings is 1. The van der Waals surface area contributed by atoms with E-state index in [1.54, 1.807) is 6.07 Å². The van der Waals surface area contributed by atoms with E-state index in [9.17, 15) is 13.2 Å². The first-order valence-corrected chi connectivity index (χ1v) is 6.70. The Hall–Kier alpha value is -1.78. The van der Waals surface area contributed by atoms with Gasteiger partial charge in [0.2, 0.25) is 0 Å². The lowest BCUT2D eigenvalue weighted by Crippen LogP contribution is -2.36. The molecule has 128 valence electrons. The van der Waals surface area contributed by atoms with Crippen molar-refractivity contribution >= 4 is 35.1 Å². The topological polar surface area (TPSA) is 81.2 Å². The fourth-order valence-electron chi connectivity index (χ4n) is 2.45. The summed E-state index contributed by atoms with van der Waals surface area (Å²) in [5.41, 5.74) is 3.65. The molecule has 0 saturated carbocycles. The fraction of sp³-hybridized carbons (Fsp3) is 0.500. The van der Waals surface area contributed by atoms with Gasteiger partial charge in [0, 0.05) is 19.2 Å². The number of anilines is 2. The van der Waals surface area contributed by atoms with E-state index in [1.807, 2.05) is 4.90 Å². The first kappa shape index (κ1) is 17.6. The third-order valence-electron chi connectivity index (χ3n) is 3.40. The van der Waals surface area contributed by atoms with Crippen molar-refractivity contribution in [2.45, 2.75) is 12.7 Å². The number of halogens is 4. The minimum atomic E-state index is -4.35. The Bertz CT molecular complexity index is 671. The number of fused-ring (bicyclic) bond motifs is 1. The minimum absolute atomic E-state index is 0. The molecule has 3 rings (SSSR count). The van der Waals surface area contributed by atoms with Gasteiger partial charge in [-0.3, -0.25) is 0 Å². The number of rotatable bonds is 3. The molecule has 0 spiro atoms. The summed E-state index contributed by atoms with van der Waals surface area (Å²) in [6.45, 7) is 1.23. The van der Waals surface area contributed by atoms with E-state index in [0.717, 1.165) is 10.9 Å². The Morgan fingerprint density at radius 3 is 2.61 bits per heavy atom. The number of ether oxygens (including phenoxy) is 1. The van der Waals surface area contributed by atoms with Gasteiger partial charge >= 0.3 is 6.18 Å². The molecule has 0 atom stereocenters. The molecule has 1 fully saturated rings. The summed E-state index contributed by atoms with van der Waals surface area (Å²) in [5.74, 6) is 5.67. The molecule has 0 aliphatic carbocycles. The molecule has 0 aromatic carbocycles. The normalized spacial score (nSPS) is 15.6. The van der Waals surface area contributed by atoms with Crippen LogP contribution >= 0.6 is 12.4 Å². The van der Waals surface area contributed by atoms with Gasteiger partial charge in [-0.2, -0.15) is 13.2 Å². The number of nitrogen functional groups attached to an aromatic ring is 1. The number of hydrogen-bond acceptors (Lipinski definition) is 6. The lowest BCUT2D eigenvalue weighted by atomic mass is 10.2. The molecule has 11 heteroatoms. The Balaban J connectivity index is 0.00000192. The van der Waals surface area contributed by atoms with Gasteiger partial charge in [0.25, 0.3) is 0 Å². The smallest absolute Gasteiger partial charge is 0.378 e. The molecule has 2 aromatic heterocycles. The number of hydrogen-bond donors (Lipinski definition) is 2. The van der Waals surface area contributed by atoms with Crippen molar-refractivity contribution in [1.82, 2.24) is 14.5 Å². The van der Waals surface area contributed by atoms with Crippen molar-refractivity contribution in [3.8, 4) is 0 Å². The lowest BCUT2D eigenvalue weighted by Gasteiger charge is -2.29. The van der Waals surface area contributed by atoms with Crippen molar-refractivity contribution in [1.29, 1.82) is 0 Å². The SMILES string of the molecule is Cl.NNc1cc(N2CCOCC2)c2ncn(CC(F)(F)F)c2n1. The average molecular weight is 353 g/mol.